The van der Waals surface area contributed by atoms with Gasteiger partial charge in [-0.3, -0.25) is 9.69 Å². The van der Waals surface area contributed by atoms with E-state index in [-0.39, 0.29) is 11.9 Å². The highest BCUT2D eigenvalue weighted by Gasteiger charge is 2.18. The molecule has 20 heavy (non-hydrogen) atoms. The lowest BCUT2D eigenvalue weighted by Gasteiger charge is -2.23. The first-order valence-corrected chi connectivity index (χ1v) is 7.61. The molecular weight excluding hydrogens is 292 g/mol. The quantitative estimate of drug-likeness (QED) is 0.909. The molecule has 1 aromatic heterocycles. The van der Waals surface area contributed by atoms with Crippen LogP contribution in [0.4, 0.5) is 5.69 Å². The monoisotopic (exact) mass is 308 g/mol. The van der Waals surface area contributed by atoms with Gasteiger partial charge in [0, 0.05) is 22.1 Å². The van der Waals surface area contributed by atoms with Gasteiger partial charge in [0.1, 0.15) is 0 Å². The lowest BCUT2D eigenvalue weighted by Crippen LogP contribution is -2.39. The van der Waals surface area contributed by atoms with Gasteiger partial charge >= 0.3 is 0 Å². The normalized spacial score (nSPS) is 12.4. The lowest BCUT2D eigenvalue weighted by molar-refractivity contribution is -0.120. The van der Waals surface area contributed by atoms with Crippen molar-refractivity contribution in [2.45, 2.75) is 19.5 Å². The van der Waals surface area contributed by atoms with Crippen LogP contribution in [0.3, 0.4) is 0 Å². The summed E-state index contributed by atoms with van der Waals surface area (Å²) < 4.78 is 0. The second-order valence-electron chi connectivity index (χ2n) is 4.67. The van der Waals surface area contributed by atoms with Crippen LogP contribution >= 0.6 is 22.9 Å². The molecule has 0 aliphatic carbocycles. The Balaban J connectivity index is 1.92. The molecule has 5 heteroatoms. The number of amides is 1. The van der Waals surface area contributed by atoms with Gasteiger partial charge in [-0.05, 0) is 49.7 Å². The number of rotatable bonds is 5. The van der Waals surface area contributed by atoms with Crippen LogP contribution < -0.4 is 5.32 Å². The maximum absolute atomic E-state index is 12.2. The first-order valence-electron chi connectivity index (χ1n) is 6.35. The van der Waals surface area contributed by atoms with Gasteiger partial charge in [0.2, 0.25) is 5.91 Å². The third-order valence-electron chi connectivity index (χ3n) is 3.14. The summed E-state index contributed by atoms with van der Waals surface area (Å²) in [6.45, 7) is 2.67. The van der Waals surface area contributed by atoms with Crippen molar-refractivity contribution in [2.75, 3.05) is 12.4 Å². The number of hydrogen-bond donors (Lipinski definition) is 1. The van der Waals surface area contributed by atoms with E-state index in [1.54, 1.807) is 35.6 Å². The Morgan fingerprint density at radius 2 is 2.05 bits per heavy atom. The second kappa shape index (κ2) is 6.88. The molecule has 2 aromatic rings. The largest absolute Gasteiger partial charge is 0.325 e. The molecule has 1 atom stereocenters. The van der Waals surface area contributed by atoms with Crippen LogP contribution in [0.1, 0.15) is 11.8 Å². The topological polar surface area (TPSA) is 32.3 Å². The molecule has 0 unspecified atom stereocenters. The van der Waals surface area contributed by atoms with Crippen molar-refractivity contribution in [3.05, 3.63) is 51.7 Å². The van der Waals surface area contributed by atoms with Crippen LogP contribution in [-0.4, -0.2) is 23.9 Å². The van der Waals surface area contributed by atoms with Crippen LogP contribution in [-0.2, 0) is 11.3 Å². The molecule has 3 nitrogen and oxygen atoms in total. The molecule has 0 spiro atoms. The van der Waals surface area contributed by atoms with Crippen LogP contribution in [0.2, 0.25) is 5.02 Å². The number of thiophene rings is 1. The van der Waals surface area contributed by atoms with Crippen LogP contribution in [0.5, 0.6) is 0 Å². The van der Waals surface area contributed by atoms with Crippen molar-refractivity contribution in [1.29, 1.82) is 0 Å². The number of nitrogens with zero attached hydrogens (tertiary/aromatic N) is 1. The van der Waals surface area contributed by atoms with Crippen molar-refractivity contribution in [1.82, 2.24) is 4.90 Å². The number of carbonyl (C=O) groups is 1. The van der Waals surface area contributed by atoms with Crippen LogP contribution in [0.25, 0.3) is 0 Å². The Labute approximate surface area is 128 Å². The van der Waals surface area contributed by atoms with E-state index in [2.05, 4.69) is 11.4 Å². The molecule has 1 N–H and O–H groups in total. The predicted molar refractivity (Wildman–Crippen MR) is 85.3 cm³/mol. The molecule has 106 valence electrons. The zero-order valence-corrected chi connectivity index (χ0v) is 13.0. The molecule has 0 saturated carbocycles. The second-order valence-corrected chi connectivity index (χ2v) is 6.14. The zero-order chi connectivity index (χ0) is 14.5. The summed E-state index contributed by atoms with van der Waals surface area (Å²) in [6.07, 6.45) is 0. The van der Waals surface area contributed by atoms with Gasteiger partial charge < -0.3 is 5.32 Å². The summed E-state index contributed by atoms with van der Waals surface area (Å²) in [7, 11) is 1.95. The number of nitrogens with one attached hydrogen (secondary N) is 1. The van der Waals surface area contributed by atoms with E-state index in [9.17, 15) is 4.79 Å². The SMILES string of the molecule is C[C@H](C(=O)Nc1ccc(Cl)cc1)N(C)Cc1cccs1. The minimum atomic E-state index is -0.201. The van der Waals surface area contributed by atoms with E-state index in [1.165, 1.54) is 4.88 Å². The first-order chi connectivity index (χ1) is 9.56. The van der Waals surface area contributed by atoms with Gasteiger partial charge in [0.25, 0.3) is 0 Å². The third kappa shape index (κ3) is 4.07. The van der Waals surface area contributed by atoms with Gasteiger partial charge in [-0.2, -0.15) is 0 Å². The molecule has 1 amide bonds. The number of hydrogen-bond acceptors (Lipinski definition) is 3. The highest BCUT2D eigenvalue weighted by atomic mass is 35.5. The lowest BCUT2D eigenvalue weighted by atomic mass is 10.2. The summed E-state index contributed by atoms with van der Waals surface area (Å²) >= 11 is 7.52. The summed E-state index contributed by atoms with van der Waals surface area (Å²) in [4.78, 5) is 15.5. The van der Waals surface area contributed by atoms with Gasteiger partial charge in [0.05, 0.1) is 6.04 Å². The maximum atomic E-state index is 12.2. The molecule has 0 saturated heterocycles. The Kier molecular flexibility index (Phi) is 5.17. The first kappa shape index (κ1) is 15.0. The van der Waals surface area contributed by atoms with Crippen molar-refractivity contribution < 1.29 is 4.79 Å². The molecule has 0 aliphatic rings. The Morgan fingerprint density at radius 3 is 2.65 bits per heavy atom. The van der Waals surface area contributed by atoms with Crippen molar-refractivity contribution >= 4 is 34.5 Å². The molecular formula is C15H17ClN2OS. The fourth-order valence-corrected chi connectivity index (χ4v) is 2.66. The number of carbonyl (C=O) groups excluding carboxylic acids is 1. The number of halogens is 1. The standard InChI is InChI=1S/C15H17ClN2OS/c1-11(18(2)10-14-4-3-9-20-14)15(19)17-13-7-5-12(16)6-8-13/h3-9,11H,10H2,1-2H3,(H,17,19)/t11-/m1/s1. The smallest absolute Gasteiger partial charge is 0.241 e. The van der Waals surface area contributed by atoms with Crippen molar-refractivity contribution in [3.63, 3.8) is 0 Å². The van der Waals surface area contributed by atoms with E-state index in [4.69, 9.17) is 11.6 Å². The summed E-state index contributed by atoms with van der Waals surface area (Å²) in [5.41, 5.74) is 0.760. The van der Waals surface area contributed by atoms with E-state index < -0.39 is 0 Å². The molecule has 2 rings (SSSR count). The van der Waals surface area contributed by atoms with Crippen LogP contribution in [0.15, 0.2) is 41.8 Å². The number of benzene rings is 1. The summed E-state index contributed by atoms with van der Waals surface area (Å²) in [5, 5.41) is 5.60. The highest BCUT2D eigenvalue weighted by Crippen LogP contribution is 2.15. The summed E-state index contributed by atoms with van der Waals surface area (Å²) in [5.74, 6) is -0.0219. The average Bonchev–Trinajstić information content (AvgIpc) is 2.93. The fraction of sp³-hybridized carbons (Fsp3) is 0.267. The third-order valence-corrected chi connectivity index (χ3v) is 4.25. The zero-order valence-electron chi connectivity index (χ0n) is 11.5. The van der Waals surface area contributed by atoms with Gasteiger partial charge in [-0.25, -0.2) is 0 Å². The molecule has 1 heterocycles. The number of anilines is 1. The minimum Gasteiger partial charge on any atom is -0.325 e. The van der Waals surface area contributed by atoms with Gasteiger partial charge in [-0.15, -0.1) is 11.3 Å². The van der Waals surface area contributed by atoms with Crippen molar-refractivity contribution in [2.24, 2.45) is 0 Å². The van der Waals surface area contributed by atoms with Crippen molar-refractivity contribution in [3.8, 4) is 0 Å². The fourth-order valence-electron chi connectivity index (χ4n) is 1.77. The molecule has 0 radical (unpaired) electrons. The molecule has 1 aromatic carbocycles. The average molecular weight is 309 g/mol. The molecule has 0 fully saturated rings. The van der Waals surface area contributed by atoms with E-state index in [0.717, 1.165) is 12.2 Å². The van der Waals surface area contributed by atoms with E-state index >= 15 is 0 Å². The highest BCUT2D eigenvalue weighted by molar-refractivity contribution is 7.09. The van der Waals surface area contributed by atoms with Gasteiger partial charge in [0.15, 0.2) is 0 Å². The number of likely N-dealkylation sites (N-methyl/N-ethyl adjacent to an activating group) is 1. The predicted octanol–water partition coefficient (Wildman–Crippen LogP) is 3.86. The Bertz CT molecular complexity index is 554. The van der Waals surface area contributed by atoms with Gasteiger partial charge in [-0.1, -0.05) is 17.7 Å². The Hall–Kier alpha value is -1.36. The minimum absolute atomic E-state index is 0.0219. The molecule has 0 bridgehead atoms. The van der Waals surface area contributed by atoms with E-state index in [1.807, 2.05) is 30.3 Å². The summed E-state index contributed by atoms with van der Waals surface area (Å²) in [6, 6.07) is 11.0. The molecule has 0 aliphatic heterocycles. The van der Waals surface area contributed by atoms with Crippen LogP contribution in [0, 0.1) is 0 Å². The maximum Gasteiger partial charge on any atom is 0.241 e. The van der Waals surface area contributed by atoms with E-state index in [0.29, 0.717) is 5.02 Å². The Morgan fingerprint density at radius 1 is 1.35 bits per heavy atom.